The van der Waals surface area contributed by atoms with Crippen LogP contribution in [0.3, 0.4) is 0 Å². The fraction of sp³-hybridized carbons (Fsp3) is 0.0625. The highest BCUT2D eigenvalue weighted by Crippen LogP contribution is 2.30. The van der Waals surface area contributed by atoms with E-state index in [4.69, 9.17) is 0 Å². The molecule has 0 heterocycles. The summed E-state index contributed by atoms with van der Waals surface area (Å²) in [4.78, 5) is 3.85. The van der Waals surface area contributed by atoms with Gasteiger partial charge in [-0.25, -0.2) is 0 Å². The Morgan fingerprint density at radius 3 is 2.39 bits per heavy atom. The number of rotatable bonds is 5. The van der Waals surface area contributed by atoms with Crippen LogP contribution < -0.4 is 0 Å². The van der Waals surface area contributed by atoms with Gasteiger partial charge >= 0.3 is 0 Å². The van der Waals surface area contributed by atoms with Crippen molar-refractivity contribution in [3.63, 3.8) is 0 Å². The molecular weight excluding hydrogens is 286 g/mol. The van der Waals surface area contributed by atoms with Crippen LogP contribution in [0.15, 0.2) is 53.1 Å². The van der Waals surface area contributed by atoms with Gasteiger partial charge in [0.2, 0.25) is 0 Å². The van der Waals surface area contributed by atoms with Gasteiger partial charge in [0.15, 0.2) is 0 Å². The maximum atomic E-state index is 3.88. The third kappa shape index (κ3) is 2.96. The van der Waals surface area contributed by atoms with Gasteiger partial charge in [0.05, 0.1) is 0 Å². The smallest absolute Gasteiger partial charge is 0.0339 e. The van der Waals surface area contributed by atoms with Crippen molar-refractivity contribution >= 4 is 40.4 Å². The van der Waals surface area contributed by atoms with Crippen LogP contribution in [-0.2, 0) is 0 Å². The summed E-state index contributed by atoms with van der Waals surface area (Å²) in [5, 5.41) is 0. The van der Waals surface area contributed by atoms with E-state index in [-0.39, 0.29) is 0 Å². The highest BCUT2D eigenvalue weighted by molar-refractivity contribution is 9.10. The largest absolute Gasteiger partial charge is 0.272 e. The Balaban J connectivity index is 3.58. The Bertz CT molecular complexity index is 536. The summed E-state index contributed by atoms with van der Waals surface area (Å²) < 4.78 is 1.00. The number of nitrogens with zero attached hydrogens (tertiary/aromatic N) is 1. The quantitative estimate of drug-likeness (QED) is 0.513. The van der Waals surface area contributed by atoms with Gasteiger partial charge in [-0.05, 0) is 36.4 Å². The standard InChI is InChI=1S/C16H16BrN/c1-5-8-12(11-18-4)15-9-10-16(17)14(7-3)13(15)6-2/h5-11H,2-4H2,1H3/b8-5-,12-11+. The molecule has 1 rings (SSSR count). The van der Waals surface area contributed by atoms with E-state index >= 15 is 0 Å². The Morgan fingerprint density at radius 2 is 1.89 bits per heavy atom. The molecule has 0 atom stereocenters. The minimum absolute atomic E-state index is 0.998. The summed E-state index contributed by atoms with van der Waals surface area (Å²) in [5.41, 5.74) is 4.13. The van der Waals surface area contributed by atoms with Crippen molar-refractivity contribution in [2.24, 2.45) is 4.99 Å². The minimum Gasteiger partial charge on any atom is -0.272 e. The van der Waals surface area contributed by atoms with Gasteiger partial charge in [-0.3, -0.25) is 4.99 Å². The molecule has 0 aliphatic rings. The lowest BCUT2D eigenvalue weighted by Crippen LogP contribution is -1.92. The predicted molar refractivity (Wildman–Crippen MR) is 86.7 cm³/mol. The summed E-state index contributed by atoms with van der Waals surface area (Å²) in [6, 6.07) is 4.03. The molecule has 1 nitrogen and oxygen atoms in total. The minimum atomic E-state index is 0.998. The molecule has 0 aliphatic heterocycles. The van der Waals surface area contributed by atoms with E-state index in [2.05, 4.69) is 40.8 Å². The summed E-state index contributed by atoms with van der Waals surface area (Å²) in [6.07, 6.45) is 9.36. The molecule has 0 radical (unpaired) electrons. The zero-order chi connectivity index (χ0) is 13.5. The zero-order valence-corrected chi connectivity index (χ0v) is 12.1. The van der Waals surface area contributed by atoms with Gasteiger partial charge in [-0.1, -0.05) is 59.5 Å². The van der Waals surface area contributed by atoms with Crippen molar-refractivity contribution in [1.82, 2.24) is 0 Å². The van der Waals surface area contributed by atoms with Crippen LogP contribution >= 0.6 is 15.9 Å². The summed E-state index contributed by atoms with van der Waals surface area (Å²) >= 11 is 3.52. The molecule has 0 aliphatic carbocycles. The van der Waals surface area contributed by atoms with Crippen LogP contribution in [-0.4, -0.2) is 6.72 Å². The van der Waals surface area contributed by atoms with E-state index in [9.17, 15) is 0 Å². The van der Waals surface area contributed by atoms with E-state index in [1.807, 2.05) is 43.4 Å². The molecule has 92 valence electrons. The number of halogens is 1. The lowest BCUT2D eigenvalue weighted by molar-refractivity contribution is 1.49. The molecular formula is C16H16BrN. The normalized spacial score (nSPS) is 11.6. The molecule has 0 unspecified atom stereocenters. The molecule has 2 heteroatoms. The number of hydrogen-bond donors (Lipinski definition) is 0. The summed E-state index contributed by atoms with van der Waals surface area (Å²) in [6.45, 7) is 13.2. The van der Waals surface area contributed by atoms with Crippen LogP contribution in [0.1, 0.15) is 23.6 Å². The van der Waals surface area contributed by atoms with E-state index in [0.717, 1.165) is 26.7 Å². The van der Waals surface area contributed by atoms with Crippen LogP contribution in [0.4, 0.5) is 0 Å². The van der Waals surface area contributed by atoms with Crippen molar-refractivity contribution in [2.75, 3.05) is 0 Å². The average Bonchev–Trinajstić information content (AvgIpc) is 2.38. The number of benzene rings is 1. The lowest BCUT2D eigenvalue weighted by Gasteiger charge is -2.12. The first-order valence-corrected chi connectivity index (χ1v) is 6.35. The molecule has 0 bridgehead atoms. The van der Waals surface area contributed by atoms with E-state index in [0.29, 0.717) is 0 Å². The van der Waals surface area contributed by atoms with Crippen molar-refractivity contribution in [1.29, 1.82) is 0 Å². The highest BCUT2D eigenvalue weighted by Gasteiger charge is 2.09. The van der Waals surface area contributed by atoms with Crippen molar-refractivity contribution < 1.29 is 0 Å². The van der Waals surface area contributed by atoms with Crippen molar-refractivity contribution in [2.45, 2.75) is 6.92 Å². The SMILES string of the molecule is C=Cc1c(Br)ccc(C(/C=C\C)=C/N=C)c1C=C. The maximum Gasteiger partial charge on any atom is 0.0339 e. The lowest BCUT2D eigenvalue weighted by atomic mass is 9.95. The fourth-order valence-corrected chi connectivity index (χ4v) is 2.28. The molecule has 0 saturated carbocycles. The fourth-order valence-electron chi connectivity index (χ4n) is 1.77. The molecule has 0 amide bonds. The monoisotopic (exact) mass is 301 g/mol. The van der Waals surface area contributed by atoms with Gasteiger partial charge in [0.1, 0.15) is 0 Å². The Labute approximate surface area is 117 Å². The van der Waals surface area contributed by atoms with E-state index < -0.39 is 0 Å². The first kappa shape index (κ1) is 14.4. The van der Waals surface area contributed by atoms with Crippen molar-refractivity contribution in [3.05, 3.63) is 64.8 Å². The second kappa shape index (κ2) is 6.92. The molecule has 1 aromatic carbocycles. The van der Waals surface area contributed by atoms with Crippen LogP contribution in [0, 0.1) is 0 Å². The number of hydrogen-bond acceptors (Lipinski definition) is 1. The predicted octanol–water partition coefficient (Wildman–Crippen LogP) is 5.35. The maximum absolute atomic E-state index is 3.88. The van der Waals surface area contributed by atoms with Crippen LogP contribution in [0.5, 0.6) is 0 Å². The second-order valence-electron chi connectivity index (χ2n) is 3.60. The van der Waals surface area contributed by atoms with Gasteiger partial charge in [0.25, 0.3) is 0 Å². The average molecular weight is 302 g/mol. The Kier molecular flexibility index (Phi) is 5.53. The van der Waals surface area contributed by atoms with E-state index in [1.54, 1.807) is 6.20 Å². The summed E-state index contributed by atoms with van der Waals surface area (Å²) in [7, 11) is 0. The molecule has 18 heavy (non-hydrogen) atoms. The molecule has 0 aromatic heterocycles. The second-order valence-corrected chi connectivity index (χ2v) is 4.45. The third-order valence-electron chi connectivity index (χ3n) is 2.53. The molecule has 0 saturated heterocycles. The zero-order valence-electron chi connectivity index (χ0n) is 10.5. The van der Waals surface area contributed by atoms with Gasteiger partial charge in [0, 0.05) is 16.2 Å². The topological polar surface area (TPSA) is 12.4 Å². The van der Waals surface area contributed by atoms with Crippen LogP contribution in [0.2, 0.25) is 0 Å². The Hall–Kier alpha value is -1.67. The highest BCUT2D eigenvalue weighted by atomic mass is 79.9. The molecule has 0 spiro atoms. The molecule has 0 N–H and O–H groups in total. The van der Waals surface area contributed by atoms with Gasteiger partial charge in [-0.15, -0.1) is 0 Å². The number of aliphatic imine (C=N–C) groups is 1. The van der Waals surface area contributed by atoms with Crippen molar-refractivity contribution in [3.8, 4) is 0 Å². The van der Waals surface area contributed by atoms with Gasteiger partial charge in [-0.2, -0.15) is 0 Å². The molecule has 1 aromatic rings. The summed E-state index contributed by atoms with van der Waals surface area (Å²) in [5.74, 6) is 0. The molecule has 0 fully saturated rings. The van der Waals surface area contributed by atoms with E-state index in [1.165, 1.54) is 0 Å². The Morgan fingerprint density at radius 1 is 1.22 bits per heavy atom. The number of allylic oxidation sites excluding steroid dienone is 3. The van der Waals surface area contributed by atoms with Crippen LogP contribution in [0.25, 0.3) is 17.7 Å². The first-order valence-electron chi connectivity index (χ1n) is 5.56. The third-order valence-corrected chi connectivity index (χ3v) is 3.22. The first-order chi connectivity index (χ1) is 8.69. The van der Waals surface area contributed by atoms with Gasteiger partial charge < -0.3 is 0 Å².